The van der Waals surface area contributed by atoms with Gasteiger partial charge in [-0.3, -0.25) is 4.79 Å². The van der Waals surface area contributed by atoms with Crippen LogP contribution in [-0.2, 0) is 6.42 Å². The van der Waals surface area contributed by atoms with Crippen molar-refractivity contribution in [2.24, 2.45) is 0 Å². The van der Waals surface area contributed by atoms with Crippen LogP contribution < -0.4 is 4.72 Å². The van der Waals surface area contributed by atoms with Crippen LogP contribution in [0.5, 0.6) is 0 Å². The van der Waals surface area contributed by atoms with Crippen LogP contribution in [0, 0.1) is 0 Å². The minimum Gasteiger partial charge on any atom is -0.326 e. The Kier molecular flexibility index (Phi) is 5.69. The molecule has 0 atom stereocenters. The second kappa shape index (κ2) is 7.75. The number of hydrogen-bond donors (Lipinski definition) is 1. The number of nitrogens with one attached hydrogen (secondary N) is 1. The number of carbonyl (C=O) groups excluding carboxylic acids is 1. The van der Waals surface area contributed by atoms with E-state index in [0.29, 0.717) is 5.56 Å². The van der Waals surface area contributed by atoms with Gasteiger partial charge in [-0.05, 0) is 54.6 Å². The van der Waals surface area contributed by atoms with Crippen molar-refractivity contribution in [2.45, 2.75) is 31.1 Å². The molecule has 2 rings (SSSR count). The molecule has 0 saturated heterocycles. The first kappa shape index (κ1) is 14.7. The fourth-order valence-electron chi connectivity index (χ4n) is 1.89. The van der Waals surface area contributed by atoms with E-state index < -0.39 is 0 Å². The maximum absolute atomic E-state index is 10.7. The lowest BCUT2D eigenvalue weighted by Gasteiger charge is -2.07. The summed E-state index contributed by atoms with van der Waals surface area (Å²) in [6.07, 6.45) is 4.47. The smallest absolute Gasteiger partial charge is 0.150 e. The molecule has 0 unspecified atom stereocenters. The topological polar surface area (TPSA) is 29.1 Å². The van der Waals surface area contributed by atoms with E-state index in [1.165, 1.54) is 30.4 Å². The predicted octanol–water partition coefficient (Wildman–Crippen LogP) is 4.96. The first-order chi connectivity index (χ1) is 9.81. The molecule has 20 heavy (non-hydrogen) atoms. The van der Waals surface area contributed by atoms with Crippen LogP contribution in [0.2, 0.25) is 0 Å². The number of carbonyl (C=O) groups is 1. The Morgan fingerprint density at radius 3 is 2.65 bits per heavy atom. The fourth-order valence-corrected chi connectivity index (χ4v) is 2.60. The highest BCUT2D eigenvalue weighted by molar-refractivity contribution is 8.00. The number of anilines is 1. The van der Waals surface area contributed by atoms with Gasteiger partial charge in [-0.15, -0.1) is 0 Å². The van der Waals surface area contributed by atoms with Crippen molar-refractivity contribution in [3.05, 3.63) is 59.7 Å². The monoisotopic (exact) mass is 285 g/mol. The average Bonchev–Trinajstić information content (AvgIpc) is 2.52. The Labute approximate surface area is 124 Å². The van der Waals surface area contributed by atoms with Crippen LogP contribution in [0.1, 0.15) is 35.7 Å². The van der Waals surface area contributed by atoms with Gasteiger partial charge in [0.25, 0.3) is 0 Å². The van der Waals surface area contributed by atoms with Crippen molar-refractivity contribution < 1.29 is 4.79 Å². The van der Waals surface area contributed by atoms with Crippen LogP contribution in [0.4, 0.5) is 5.69 Å². The van der Waals surface area contributed by atoms with Gasteiger partial charge in [-0.1, -0.05) is 37.6 Å². The first-order valence-electron chi connectivity index (χ1n) is 6.89. The van der Waals surface area contributed by atoms with Crippen LogP contribution in [0.3, 0.4) is 0 Å². The lowest BCUT2D eigenvalue weighted by Crippen LogP contribution is -1.89. The normalized spacial score (nSPS) is 10.2. The molecule has 0 fully saturated rings. The highest BCUT2D eigenvalue weighted by Gasteiger charge is 1.98. The van der Waals surface area contributed by atoms with Gasteiger partial charge in [-0.2, -0.15) is 0 Å². The number of benzene rings is 2. The second-order valence-corrected chi connectivity index (χ2v) is 5.57. The van der Waals surface area contributed by atoms with Crippen LogP contribution in [-0.4, -0.2) is 6.29 Å². The standard InChI is InChI=1S/C17H19NOS/c1-2-3-5-14-8-10-16(11-9-14)18-20-17-7-4-6-15(12-17)13-19/h4,6-13,18H,2-3,5H2,1H3. The summed E-state index contributed by atoms with van der Waals surface area (Å²) in [5, 5.41) is 0. The summed E-state index contributed by atoms with van der Waals surface area (Å²) in [5.41, 5.74) is 3.16. The Bertz CT molecular complexity index is 551. The van der Waals surface area contributed by atoms with Gasteiger partial charge in [0.15, 0.2) is 0 Å². The summed E-state index contributed by atoms with van der Waals surface area (Å²) >= 11 is 1.52. The average molecular weight is 285 g/mol. The third-order valence-corrected chi connectivity index (χ3v) is 3.88. The van der Waals surface area contributed by atoms with Crippen LogP contribution >= 0.6 is 11.9 Å². The molecule has 0 bridgehead atoms. The molecule has 0 heterocycles. The summed E-state index contributed by atoms with van der Waals surface area (Å²) in [6.45, 7) is 2.21. The summed E-state index contributed by atoms with van der Waals surface area (Å²) in [5.74, 6) is 0. The molecule has 0 spiro atoms. The van der Waals surface area contributed by atoms with Gasteiger partial charge in [-0.25, -0.2) is 0 Å². The SMILES string of the molecule is CCCCc1ccc(NSc2cccc(C=O)c2)cc1. The van der Waals surface area contributed by atoms with E-state index in [4.69, 9.17) is 0 Å². The van der Waals surface area contributed by atoms with E-state index in [2.05, 4.69) is 35.9 Å². The molecule has 2 aromatic rings. The van der Waals surface area contributed by atoms with Gasteiger partial charge in [0.05, 0.1) is 0 Å². The van der Waals surface area contributed by atoms with E-state index in [9.17, 15) is 4.79 Å². The molecule has 0 saturated carbocycles. The number of aryl methyl sites for hydroxylation is 1. The molecule has 2 aromatic carbocycles. The lowest BCUT2D eigenvalue weighted by molar-refractivity contribution is 0.112. The van der Waals surface area contributed by atoms with E-state index in [1.807, 2.05) is 18.2 Å². The zero-order valence-electron chi connectivity index (χ0n) is 11.6. The van der Waals surface area contributed by atoms with E-state index in [-0.39, 0.29) is 0 Å². The predicted molar refractivity (Wildman–Crippen MR) is 86.4 cm³/mol. The van der Waals surface area contributed by atoms with Gasteiger partial charge in [0.1, 0.15) is 6.29 Å². The highest BCUT2D eigenvalue weighted by atomic mass is 32.2. The second-order valence-electron chi connectivity index (χ2n) is 4.69. The van der Waals surface area contributed by atoms with Crippen molar-refractivity contribution in [3.63, 3.8) is 0 Å². The van der Waals surface area contributed by atoms with Crippen molar-refractivity contribution in [2.75, 3.05) is 4.72 Å². The zero-order valence-corrected chi connectivity index (χ0v) is 12.5. The van der Waals surface area contributed by atoms with Gasteiger partial charge >= 0.3 is 0 Å². The molecule has 3 heteroatoms. The van der Waals surface area contributed by atoms with Crippen LogP contribution in [0.15, 0.2) is 53.4 Å². The maximum Gasteiger partial charge on any atom is 0.150 e. The molecular formula is C17H19NOS. The Hall–Kier alpha value is -1.74. The molecular weight excluding hydrogens is 266 g/mol. The zero-order chi connectivity index (χ0) is 14.2. The maximum atomic E-state index is 10.7. The molecule has 1 N–H and O–H groups in total. The summed E-state index contributed by atoms with van der Waals surface area (Å²) < 4.78 is 3.30. The third-order valence-electron chi connectivity index (χ3n) is 3.05. The first-order valence-corrected chi connectivity index (χ1v) is 7.70. The van der Waals surface area contributed by atoms with Crippen molar-refractivity contribution in [3.8, 4) is 0 Å². The summed E-state index contributed by atoms with van der Waals surface area (Å²) in [7, 11) is 0. The van der Waals surface area contributed by atoms with Gasteiger partial charge in [0.2, 0.25) is 0 Å². The molecule has 0 aliphatic heterocycles. The van der Waals surface area contributed by atoms with E-state index in [1.54, 1.807) is 6.07 Å². The molecule has 2 nitrogen and oxygen atoms in total. The molecule has 0 radical (unpaired) electrons. The summed E-state index contributed by atoms with van der Waals surface area (Å²) in [4.78, 5) is 11.8. The van der Waals surface area contributed by atoms with Crippen LogP contribution in [0.25, 0.3) is 0 Å². The number of unbranched alkanes of at least 4 members (excludes halogenated alkanes) is 1. The van der Waals surface area contributed by atoms with Gasteiger partial charge < -0.3 is 4.72 Å². The van der Waals surface area contributed by atoms with E-state index in [0.717, 1.165) is 23.3 Å². The Morgan fingerprint density at radius 1 is 1.15 bits per heavy atom. The fraction of sp³-hybridized carbons (Fsp3) is 0.235. The molecule has 0 aliphatic carbocycles. The molecule has 0 aliphatic rings. The molecule has 0 amide bonds. The lowest BCUT2D eigenvalue weighted by atomic mass is 10.1. The third kappa shape index (κ3) is 4.42. The Morgan fingerprint density at radius 2 is 1.95 bits per heavy atom. The Balaban J connectivity index is 1.91. The number of rotatable bonds is 7. The molecule has 0 aromatic heterocycles. The number of hydrogen-bond acceptors (Lipinski definition) is 3. The van der Waals surface area contributed by atoms with Gasteiger partial charge in [0, 0.05) is 16.1 Å². The number of aldehydes is 1. The largest absolute Gasteiger partial charge is 0.326 e. The minimum atomic E-state index is 0.701. The van der Waals surface area contributed by atoms with Crippen molar-refractivity contribution >= 4 is 23.9 Å². The van der Waals surface area contributed by atoms with Crippen molar-refractivity contribution in [1.82, 2.24) is 0 Å². The minimum absolute atomic E-state index is 0.701. The molecule has 104 valence electrons. The van der Waals surface area contributed by atoms with E-state index >= 15 is 0 Å². The highest BCUT2D eigenvalue weighted by Crippen LogP contribution is 2.22. The summed E-state index contributed by atoms with van der Waals surface area (Å²) in [6, 6.07) is 16.1. The quantitative estimate of drug-likeness (QED) is 0.576. The van der Waals surface area contributed by atoms with Crippen molar-refractivity contribution in [1.29, 1.82) is 0 Å².